The van der Waals surface area contributed by atoms with Crippen molar-refractivity contribution < 1.29 is 4.39 Å². The average Bonchev–Trinajstić information content (AvgIpc) is 2.47. The minimum atomic E-state index is -0.268. The minimum absolute atomic E-state index is 0.202. The summed E-state index contributed by atoms with van der Waals surface area (Å²) in [4.78, 5) is 2.15. The Kier molecular flexibility index (Phi) is 3.60. The van der Waals surface area contributed by atoms with Crippen LogP contribution in [0.5, 0.6) is 0 Å². The van der Waals surface area contributed by atoms with E-state index < -0.39 is 0 Å². The molecule has 1 aliphatic rings. The molecule has 1 saturated heterocycles. The fourth-order valence-electron chi connectivity index (χ4n) is 2.51. The topological polar surface area (TPSA) is 55.0 Å². The van der Waals surface area contributed by atoms with Crippen LogP contribution in [0.2, 0.25) is 0 Å². The van der Waals surface area contributed by atoms with E-state index in [1.807, 2.05) is 18.2 Å². The minimum Gasteiger partial charge on any atom is -0.354 e. The van der Waals surface area contributed by atoms with Crippen molar-refractivity contribution in [2.75, 3.05) is 18.0 Å². The van der Waals surface area contributed by atoms with Gasteiger partial charge >= 0.3 is 0 Å². The summed E-state index contributed by atoms with van der Waals surface area (Å²) in [5.74, 6) is 0.565. The molecule has 5 heteroatoms. The molecule has 0 bridgehead atoms. The number of nitrogens with two attached hydrogens (primary N) is 1. The number of aromatic nitrogens is 2. The first-order valence-corrected chi connectivity index (χ1v) is 6.82. The van der Waals surface area contributed by atoms with Crippen molar-refractivity contribution in [1.82, 2.24) is 10.2 Å². The van der Waals surface area contributed by atoms with E-state index in [4.69, 9.17) is 5.73 Å². The van der Waals surface area contributed by atoms with Crippen molar-refractivity contribution in [1.29, 1.82) is 0 Å². The van der Waals surface area contributed by atoms with E-state index >= 15 is 0 Å². The fraction of sp³-hybridized carbons (Fsp3) is 0.333. The zero-order chi connectivity index (χ0) is 13.9. The van der Waals surface area contributed by atoms with Crippen LogP contribution >= 0.6 is 0 Å². The first kappa shape index (κ1) is 13.0. The third-order valence-corrected chi connectivity index (χ3v) is 3.55. The predicted molar refractivity (Wildman–Crippen MR) is 76.8 cm³/mol. The third kappa shape index (κ3) is 2.77. The molecule has 1 atom stereocenters. The second-order valence-corrected chi connectivity index (χ2v) is 5.14. The average molecular weight is 272 g/mol. The SMILES string of the molecule is NC1CCCN(c2ccc(-c3cccc(F)c3)nn2)C1. The summed E-state index contributed by atoms with van der Waals surface area (Å²) in [5, 5.41) is 8.43. The molecule has 20 heavy (non-hydrogen) atoms. The third-order valence-electron chi connectivity index (χ3n) is 3.55. The molecular weight excluding hydrogens is 255 g/mol. The van der Waals surface area contributed by atoms with E-state index in [-0.39, 0.29) is 11.9 Å². The quantitative estimate of drug-likeness (QED) is 0.910. The van der Waals surface area contributed by atoms with Gasteiger partial charge in [-0.15, -0.1) is 10.2 Å². The van der Waals surface area contributed by atoms with E-state index in [0.717, 1.165) is 37.3 Å². The maximum absolute atomic E-state index is 13.2. The Morgan fingerprint density at radius 3 is 2.80 bits per heavy atom. The Hall–Kier alpha value is -2.01. The van der Waals surface area contributed by atoms with Gasteiger partial charge in [0, 0.05) is 24.7 Å². The van der Waals surface area contributed by atoms with Crippen LogP contribution in [-0.2, 0) is 0 Å². The van der Waals surface area contributed by atoms with Gasteiger partial charge in [-0.25, -0.2) is 4.39 Å². The summed E-state index contributed by atoms with van der Waals surface area (Å²) in [7, 11) is 0. The lowest BCUT2D eigenvalue weighted by Gasteiger charge is -2.31. The molecular formula is C15H17FN4. The van der Waals surface area contributed by atoms with Crippen molar-refractivity contribution in [2.45, 2.75) is 18.9 Å². The van der Waals surface area contributed by atoms with Crippen LogP contribution in [-0.4, -0.2) is 29.3 Å². The molecule has 2 N–H and O–H groups in total. The number of piperidine rings is 1. The molecule has 1 fully saturated rings. The first-order valence-electron chi connectivity index (χ1n) is 6.82. The normalized spacial score (nSPS) is 19.1. The van der Waals surface area contributed by atoms with Crippen LogP contribution in [0.4, 0.5) is 10.2 Å². The lowest BCUT2D eigenvalue weighted by Crippen LogP contribution is -2.43. The van der Waals surface area contributed by atoms with Crippen molar-refractivity contribution >= 4 is 5.82 Å². The Morgan fingerprint density at radius 1 is 1.20 bits per heavy atom. The summed E-state index contributed by atoms with van der Waals surface area (Å²) in [6.07, 6.45) is 2.14. The van der Waals surface area contributed by atoms with Crippen molar-refractivity contribution in [3.05, 3.63) is 42.2 Å². The number of hydrogen-bond acceptors (Lipinski definition) is 4. The van der Waals surface area contributed by atoms with Crippen LogP contribution in [0, 0.1) is 5.82 Å². The van der Waals surface area contributed by atoms with Gasteiger partial charge in [0.25, 0.3) is 0 Å². The number of hydrogen-bond donors (Lipinski definition) is 1. The molecule has 0 amide bonds. The predicted octanol–water partition coefficient (Wildman–Crippen LogP) is 2.21. The number of halogens is 1. The van der Waals surface area contributed by atoms with Gasteiger partial charge in [0.1, 0.15) is 5.82 Å². The summed E-state index contributed by atoms with van der Waals surface area (Å²) in [5.41, 5.74) is 7.38. The smallest absolute Gasteiger partial charge is 0.151 e. The number of rotatable bonds is 2. The molecule has 0 saturated carbocycles. The highest BCUT2D eigenvalue weighted by atomic mass is 19.1. The Bertz CT molecular complexity index is 585. The Balaban J connectivity index is 1.80. The van der Waals surface area contributed by atoms with Crippen molar-refractivity contribution in [2.24, 2.45) is 5.73 Å². The van der Waals surface area contributed by atoms with E-state index in [1.54, 1.807) is 6.07 Å². The van der Waals surface area contributed by atoms with E-state index in [9.17, 15) is 4.39 Å². The second-order valence-electron chi connectivity index (χ2n) is 5.14. The zero-order valence-corrected chi connectivity index (χ0v) is 11.2. The molecule has 2 heterocycles. The maximum Gasteiger partial charge on any atom is 0.151 e. The maximum atomic E-state index is 13.2. The standard InChI is InChI=1S/C15H17FN4/c16-12-4-1-3-11(9-12)14-6-7-15(19-18-14)20-8-2-5-13(17)10-20/h1,3-4,6-7,9,13H,2,5,8,10,17H2. The summed E-state index contributed by atoms with van der Waals surface area (Å²) < 4.78 is 13.2. The van der Waals surface area contributed by atoms with Gasteiger partial charge in [0.15, 0.2) is 5.82 Å². The number of anilines is 1. The number of nitrogens with zero attached hydrogens (tertiary/aromatic N) is 3. The van der Waals surface area contributed by atoms with E-state index in [2.05, 4.69) is 15.1 Å². The Labute approximate surface area is 117 Å². The van der Waals surface area contributed by atoms with Crippen LogP contribution in [0.25, 0.3) is 11.3 Å². The molecule has 4 nitrogen and oxygen atoms in total. The summed E-state index contributed by atoms with van der Waals surface area (Å²) >= 11 is 0. The zero-order valence-electron chi connectivity index (χ0n) is 11.2. The fourth-order valence-corrected chi connectivity index (χ4v) is 2.51. The van der Waals surface area contributed by atoms with E-state index in [1.165, 1.54) is 12.1 Å². The van der Waals surface area contributed by atoms with Gasteiger partial charge in [0.2, 0.25) is 0 Å². The summed E-state index contributed by atoms with van der Waals surface area (Å²) in [6, 6.07) is 10.4. The first-order chi connectivity index (χ1) is 9.72. The van der Waals surface area contributed by atoms with Gasteiger partial charge in [-0.3, -0.25) is 0 Å². The summed E-state index contributed by atoms with van der Waals surface area (Å²) in [6.45, 7) is 1.77. The highest BCUT2D eigenvalue weighted by Crippen LogP contribution is 2.21. The van der Waals surface area contributed by atoms with Gasteiger partial charge in [-0.05, 0) is 37.1 Å². The molecule has 3 rings (SSSR count). The highest BCUT2D eigenvalue weighted by Gasteiger charge is 2.18. The van der Waals surface area contributed by atoms with Gasteiger partial charge in [-0.1, -0.05) is 12.1 Å². The highest BCUT2D eigenvalue weighted by molar-refractivity contribution is 5.59. The largest absolute Gasteiger partial charge is 0.354 e. The Morgan fingerprint density at radius 2 is 2.10 bits per heavy atom. The second kappa shape index (κ2) is 5.54. The molecule has 1 aromatic carbocycles. The molecule has 1 aliphatic heterocycles. The van der Waals surface area contributed by atoms with Gasteiger partial charge in [0.05, 0.1) is 5.69 Å². The van der Waals surface area contributed by atoms with Crippen LogP contribution < -0.4 is 10.6 Å². The lowest BCUT2D eigenvalue weighted by atomic mass is 10.1. The van der Waals surface area contributed by atoms with Gasteiger partial charge in [-0.2, -0.15) is 0 Å². The van der Waals surface area contributed by atoms with Crippen molar-refractivity contribution in [3.63, 3.8) is 0 Å². The molecule has 104 valence electrons. The van der Waals surface area contributed by atoms with Crippen LogP contribution in [0.1, 0.15) is 12.8 Å². The number of benzene rings is 1. The molecule has 0 spiro atoms. The van der Waals surface area contributed by atoms with Crippen molar-refractivity contribution in [3.8, 4) is 11.3 Å². The molecule has 1 unspecified atom stereocenters. The molecule has 2 aromatic rings. The lowest BCUT2D eigenvalue weighted by molar-refractivity contribution is 0.502. The molecule has 1 aromatic heterocycles. The van der Waals surface area contributed by atoms with Crippen LogP contribution in [0.3, 0.4) is 0 Å². The van der Waals surface area contributed by atoms with Gasteiger partial charge < -0.3 is 10.6 Å². The van der Waals surface area contributed by atoms with Crippen LogP contribution in [0.15, 0.2) is 36.4 Å². The van der Waals surface area contributed by atoms with E-state index in [0.29, 0.717) is 5.69 Å². The molecule has 0 radical (unpaired) electrons. The monoisotopic (exact) mass is 272 g/mol. The molecule has 0 aliphatic carbocycles.